The fourth-order valence-corrected chi connectivity index (χ4v) is 4.81. The summed E-state index contributed by atoms with van der Waals surface area (Å²) in [6.45, 7) is 2.08. The molecule has 0 radical (unpaired) electrons. The standard InChI is InChI=1S/C30H22N2O2S/c1-20-9-5-6-12-24(20)30-32-27(19-35-30)21-15-17-23(18-16-21)31-29(34)26-14-8-7-13-25(26)28(33)22-10-3-2-4-11-22/h2-19H,1H3,(H,31,34). The highest BCUT2D eigenvalue weighted by molar-refractivity contribution is 7.13. The van der Waals surface area contributed by atoms with Crippen LogP contribution < -0.4 is 5.32 Å². The van der Waals surface area contributed by atoms with Gasteiger partial charge in [-0.25, -0.2) is 4.98 Å². The van der Waals surface area contributed by atoms with Gasteiger partial charge in [0.05, 0.1) is 11.3 Å². The molecule has 0 spiro atoms. The quantitative estimate of drug-likeness (QED) is 0.263. The van der Waals surface area contributed by atoms with Crippen molar-refractivity contribution in [1.29, 1.82) is 0 Å². The lowest BCUT2D eigenvalue weighted by molar-refractivity contribution is 0.0996. The van der Waals surface area contributed by atoms with Gasteiger partial charge in [0.25, 0.3) is 5.91 Å². The van der Waals surface area contributed by atoms with Crippen LogP contribution in [-0.4, -0.2) is 16.7 Å². The number of rotatable bonds is 6. The highest BCUT2D eigenvalue weighted by Gasteiger charge is 2.18. The summed E-state index contributed by atoms with van der Waals surface area (Å²) in [6.07, 6.45) is 0. The molecule has 0 aliphatic heterocycles. The van der Waals surface area contributed by atoms with E-state index in [4.69, 9.17) is 4.98 Å². The maximum absolute atomic E-state index is 13.0. The van der Waals surface area contributed by atoms with E-state index >= 15 is 0 Å². The molecule has 1 heterocycles. The minimum absolute atomic E-state index is 0.181. The van der Waals surface area contributed by atoms with E-state index in [1.54, 1.807) is 47.7 Å². The van der Waals surface area contributed by atoms with Gasteiger partial charge in [0, 0.05) is 33.3 Å². The molecule has 5 aromatic rings. The predicted molar refractivity (Wildman–Crippen MR) is 142 cm³/mol. The van der Waals surface area contributed by atoms with Crippen molar-refractivity contribution in [3.05, 3.63) is 131 Å². The van der Waals surface area contributed by atoms with E-state index in [9.17, 15) is 9.59 Å². The zero-order valence-corrected chi connectivity index (χ0v) is 19.9. The first-order valence-corrected chi connectivity index (χ1v) is 12.1. The molecule has 5 heteroatoms. The molecule has 0 unspecified atom stereocenters. The molecule has 4 nitrogen and oxygen atoms in total. The summed E-state index contributed by atoms with van der Waals surface area (Å²) in [4.78, 5) is 30.8. The minimum atomic E-state index is -0.326. The second-order valence-corrected chi connectivity index (χ2v) is 8.98. The average molecular weight is 475 g/mol. The molecule has 1 N–H and O–H groups in total. The Morgan fingerprint density at radius 3 is 2.14 bits per heavy atom. The number of nitrogens with one attached hydrogen (secondary N) is 1. The van der Waals surface area contributed by atoms with Crippen molar-refractivity contribution in [3.8, 4) is 21.8 Å². The number of aryl methyl sites for hydroxylation is 1. The number of thiazole rings is 1. The summed E-state index contributed by atoms with van der Waals surface area (Å²) in [7, 11) is 0. The van der Waals surface area contributed by atoms with Crippen LogP contribution in [0.15, 0.2) is 109 Å². The highest BCUT2D eigenvalue weighted by Crippen LogP contribution is 2.31. The Morgan fingerprint density at radius 2 is 1.40 bits per heavy atom. The van der Waals surface area contributed by atoms with Gasteiger partial charge in [-0.05, 0) is 30.7 Å². The molecule has 170 valence electrons. The van der Waals surface area contributed by atoms with Crippen LogP contribution in [0.5, 0.6) is 0 Å². The summed E-state index contributed by atoms with van der Waals surface area (Å²) in [5, 5.41) is 5.94. The second-order valence-electron chi connectivity index (χ2n) is 8.13. The van der Waals surface area contributed by atoms with Crippen LogP contribution >= 0.6 is 11.3 Å². The van der Waals surface area contributed by atoms with Gasteiger partial charge in [-0.15, -0.1) is 11.3 Å². The third-order valence-corrected chi connectivity index (χ3v) is 6.65. The molecule has 4 aromatic carbocycles. The van der Waals surface area contributed by atoms with E-state index in [1.165, 1.54) is 5.56 Å². The Labute approximate surface area is 207 Å². The number of hydrogen-bond acceptors (Lipinski definition) is 4. The molecule has 0 atom stereocenters. The molecule has 0 saturated carbocycles. The summed E-state index contributed by atoms with van der Waals surface area (Å²) >= 11 is 1.61. The largest absolute Gasteiger partial charge is 0.322 e. The first-order chi connectivity index (χ1) is 17.1. The Balaban J connectivity index is 1.34. The lowest BCUT2D eigenvalue weighted by atomic mass is 9.98. The SMILES string of the molecule is Cc1ccccc1-c1nc(-c2ccc(NC(=O)c3ccccc3C(=O)c3ccccc3)cc2)cs1. The Bertz CT molecular complexity index is 1510. The van der Waals surface area contributed by atoms with Gasteiger partial charge in [-0.3, -0.25) is 9.59 Å². The maximum Gasteiger partial charge on any atom is 0.256 e. The Hall–Kier alpha value is -4.35. The Morgan fingerprint density at radius 1 is 0.743 bits per heavy atom. The van der Waals surface area contributed by atoms with Gasteiger partial charge in [0.15, 0.2) is 5.78 Å². The molecule has 1 amide bonds. The third kappa shape index (κ3) is 4.81. The topological polar surface area (TPSA) is 59.1 Å². The molecular weight excluding hydrogens is 452 g/mol. The zero-order chi connectivity index (χ0) is 24.2. The van der Waals surface area contributed by atoms with Gasteiger partial charge in [-0.1, -0.05) is 84.9 Å². The van der Waals surface area contributed by atoms with Gasteiger partial charge < -0.3 is 5.32 Å². The molecule has 0 bridgehead atoms. The number of benzene rings is 4. The summed E-state index contributed by atoms with van der Waals surface area (Å²) in [6, 6.07) is 31.6. The van der Waals surface area contributed by atoms with E-state index in [1.807, 2.05) is 60.0 Å². The monoisotopic (exact) mass is 474 g/mol. The van der Waals surface area contributed by atoms with Crippen LogP contribution in [0, 0.1) is 6.92 Å². The average Bonchev–Trinajstić information content (AvgIpc) is 3.39. The van der Waals surface area contributed by atoms with E-state index in [-0.39, 0.29) is 11.7 Å². The lowest BCUT2D eigenvalue weighted by Gasteiger charge is -2.10. The van der Waals surface area contributed by atoms with Crippen LogP contribution in [0.4, 0.5) is 5.69 Å². The highest BCUT2D eigenvalue weighted by atomic mass is 32.1. The van der Waals surface area contributed by atoms with E-state index < -0.39 is 0 Å². The number of carbonyl (C=O) groups is 2. The number of aromatic nitrogens is 1. The van der Waals surface area contributed by atoms with Gasteiger partial charge in [0.2, 0.25) is 0 Å². The van der Waals surface area contributed by atoms with Crippen molar-refractivity contribution in [3.63, 3.8) is 0 Å². The molecule has 0 aliphatic carbocycles. The zero-order valence-electron chi connectivity index (χ0n) is 19.1. The lowest BCUT2D eigenvalue weighted by Crippen LogP contribution is -2.16. The van der Waals surface area contributed by atoms with E-state index in [2.05, 4.69) is 24.4 Å². The van der Waals surface area contributed by atoms with Crippen molar-refractivity contribution in [2.75, 3.05) is 5.32 Å². The van der Waals surface area contributed by atoms with Crippen LogP contribution in [0.1, 0.15) is 31.8 Å². The van der Waals surface area contributed by atoms with Gasteiger partial charge in [-0.2, -0.15) is 0 Å². The van der Waals surface area contributed by atoms with Gasteiger partial charge >= 0.3 is 0 Å². The van der Waals surface area contributed by atoms with Crippen molar-refractivity contribution in [2.45, 2.75) is 6.92 Å². The smallest absolute Gasteiger partial charge is 0.256 e. The number of ketones is 1. The third-order valence-electron chi connectivity index (χ3n) is 5.77. The van der Waals surface area contributed by atoms with Crippen LogP contribution in [-0.2, 0) is 0 Å². The summed E-state index contributed by atoms with van der Waals surface area (Å²) < 4.78 is 0. The predicted octanol–water partition coefficient (Wildman–Crippen LogP) is 7.27. The first kappa shape index (κ1) is 22.4. The second kappa shape index (κ2) is 9.87. The molecular formula is C30H22N2O2S. The number of nitrogens with zero attached hydrogens (tertiary/aromatic N) is 1. The van der Waals surface area contributed by atoms with Crippen LogP contribution in [0.2, 0.25) is 0 Å². The van der Waals surface area contributed by atoms with E-state index in [0.717, 1.165) is 21.8 Å². The van der Waals surface area contributed by atoms with Crippen LogP contribution in [0.25, 0.3) is 21.8 Å². The molecule has 5 rings (SSSR count). The summed E-state index contributed by atoms with van der Waals surface area (Å²) in [5.74, 6) is -0.507. The van der Waals surface area contributed by atoms with Crippen molar-refractivity contribution in [1.82, 2.24) is 4.98 Å². The first-order valence-electron chi connectivity index (χ1n) is 11.2. The molecule has 0 aliphatic rings. The number of anilines is 1. The van der Waals surface area contributed by atoms with E-state index in [0.29, 0.717) is 22.4 Å². The van der Waals surface area contributed by atoms with Crippen molar-refractivity contribution >= 4 is 28.7 Å². The fraction of sp³-hybridized carbons (Fsp3) is 0.0333. The number of hydrogen-bond donors (Lipinski definition) is 1. The minimum Gasteiger partial charge on any atom is -0.322 e. The maximum atomic E-state index is 13.0. The molecule has 0 fully saturated rings. The number of amides is 1. The fourth-order valence-electron chi connectivity index (χ4n) is 3.89. The van der Waals surface area contributed by atoms with Crippen LogP contribution in [0.3, 0.4) is 0 Å². The molecule has 1 aromatic heterocycles. The normalized spacial score (nSPS) is 10.7. The Kier molecular flexibility index (Phi) is 6.33. The molecule has 35 heavy (non-hydrogen) atoms. The molecule has 0 saturated heterocycles. The summed E-state index contributed by atoms with van der Waals surface area (Å²) in [5.41, 5.74) is 6.10. The van der Waals surface area contributed by atoms with Crippen molar-refractivity contribution < 1.29 is 9.59 Å². The van der Waals surface area contributed by atoms with Gasteiger partial charge in [0.1, 0.15) is 5.01 Å². The van der Waals surface area contributed by atoms with Crippen molar-refractivity contribution in [2.24, 2.45) is 0 Å². The number of carbonyl (C=O) groups excluding carboxylic acids is 2.